The van der Waals surface area contributed by atoms with Gasteiger partial charge in [-0.1, -0.05) is 96.0 Å². The lowest BCUT2D eigenvalue weighted by Crippen LogP contribution is -2.28. The maximum absolute atomic E-state index is 6.42. The summed E-state index contributed by atoms with van der Waals surface area (Å²) in [5.41, 5.74) is 0. The van der Waals surface area contributed by atoms with E-state index in [2.05, 4.69) is 27.7 Å². The Hall–Kier alpha value is 0.452. The van der Waals surface area contributed by atoms with E-state index in [9.17, 15) is 0 Å². The van der Waals surface area contributed by atoms with E-state index in [0.717, 1.165) is 19.4 Å². The van der Waals surface area contributed by atoms with Gasteiger partial charge in [0.2, 0.25) is 0 Å². The Balaban J connectivity index is 4.09. The van der Waals surface area contributed by atoms with Gasteiger partial charge in [0, 0.05) is 6.61 Å². The number of rotatable bonds is 17. The van der Waals surface area contributed by atoms with E-state index in [4.69, 9.17) is 8.53 Å². The fraction of sp³-hybridized carbons (Fsp3) is 1.00. The third-order valence-electron chi connectivity index (χ3n) is 4.24. The molecule has 3 heteroatoms. The minimum absolute atomic E-state index is 0.0700. The predicted molar refractivity (Wildman–Crippen MR) is 99.7 cm³/mol. The fourth-order valence-corrected chi connectivity index (χ4v) is 5.45. The van der Waals surface area contributed by atoms with Crippen LogP contribution in [0.2, 0.25) is 10.6 Å². The number of hydrogen-bond donors (Lipinski definition) is 0. The lowest BCUT2D eigenvalue weighted by Gasteiger charge is -2.22. The second kappa shape index (κ2) is 17.8. The van der Waals surface area contributed by atoms with Gasteiger partial charge in [-0.25, -0.2) is 0 Å². The largest absolute Gasteiger partial charge is 0.478 e. The molecule has 0 aliphatic heterocycles. The van der Waals surface area contributed by atoms with Crippen molar-refractivity contribution < 1.29 is 8.53 Å². The Morgan fingerprint density at radius 3 is 1.68 bits per heavy atom. The van der Waals surface area contributed by atoms with Gasteiger partial charge in [-0.3, -0.25) is 0 Å². The summed E-state index contributed by atoms with van der Waals surface area (Å²) in [6, 6.07) is 0. The zero-order valence-corrected chi connectivity index (χ0v) is 17.0. The Morgan fingerprint density at radius 1 is 0.682 bits per heavy atom. The molecule has 0 N–H and O–H groups in total. The molecule has 0 bridgehead atoms. The van der Waals surface area contributed by atoms with Crippen LogP contribution in [0.1, 0.15) is 98.3 Å². The normalized spacial score (nSPS) is 12.5. The molecule has 0 aliphatic rings. The summed E-state index contributed by atoms with van der Waals surface area (Å²) < 4.78 is 12.4. The average Bonchev–Trinajstić information content (AvgIpc) is 2.54. The summed E-state index contributed by atoms with van der Waals surface area (Å²) in [5.74, 6) is 0. The molecular formula is C19H41AlO2. The SMILES string of the molecule is CCCCC[CH2][Al]([CH2]CCCCC)[O]C(CC)OCCCC. The quantitative estimate of drug-likeness (QED) is 0.168. The first-order valence-electron chi connectivity index (χ1n) is 10.0. The highest BCUT2D eigenvalue weighted by Crippen LogP contribution is 2.17. The maximum atomic E-state index is 6.42. The van der Waals surface area contributed by atoms with Crippen LogP contribution in [0.3, 0.4) is 0 Å². The monoisotopic (exact) mass is 328 g/mol. The van der Waals surface area contributed by atoms with Crippen LogP contribution < -0.4 is 0 Å². The van der Waals surface area contributed by atoms with Crippen LogP contribution in [-0.2, 0) is 8.53 Å². The molecule has 2 nitrogen and oxygen atoms in total. The smallest absolute Gasteiger partial charge is 0.462 e. The predicted octanol–water partition coefficient (Wildman–Crippen LogP) is 6.71. The molecule has 0 aromatic heterocycles. The molecule has 22 heavy (non-hydrogen) atoms. The summed E-state index contributed by atoms with van der Waals surface area (Å²) in [5, 5.41) is 2.69. The first-order chi connectivity index (χ1) is 10.8. The molecule has 132 valence electrons. The molecule has 0 saturated heterocycles. The highest BCUT2D eigenvalue weighted by Gasteiger charge is 2.23. The minimum atomic E-state index is -1.07. The van der Waals surface area contributed by atoms with Crippen molar-refractivity contribution in [2.75, 3.05) is 6.61 Å². The van der Waals surface area contributed by atoms with E-state index < -0.39 is 14.5 Å². The van der Waals surface area contributed by atoms with Gasteiger partial charge in [-0.15, -0.1) is 0 Å². The van der Waals surface area contributed by atoms with Gasteiger partial charge in [0.1, 0.15) is 6.29 Å². The molecule has 0 aliphatic carbocycles. The van der Waals surface area contributed by atoms with Crippen molar-refractivity contribution in [2.24, 2.45) is 0 Å². The fourth-order valence-electron chi connectivity index (χ4n) is 2.71. The van der Waals surface area contributed by atoms with Gasteiger partial charge >= 0.3 is 14.5 Å². The van der Waals surface area contributed by atoms with Crippen LogP contribution in [0.15, 0.2) is 0 Å². The van der Waals surface area contributed by atoms with E-state index in [-0.39, 0.29) is 6.29 Å². The molecule has 1 atom stereocenters. The second-order valence-electron chi connectivity index (χ2n) is 6.52. The molecule has 0 amide bonds. The zero-order valence-electron chi connectivity index (χ0n) is 15.9. The van der Waals surface area contributed by atoms with Crippen LogP contribution in [0, 0.1) is 0 Å². The molecule has 0 saturated carbocycles. The Bertz CT molecular complexity index is 200. The van der Waals surface area contributed by atoms with Gasteiger partial charge in [-0.05, 0) is 12.8 Å². The van der Waals surface area contributed by atoms with E-state index in [1.54, 1.807) is 0 Å². The van der Waals surface area contributed by atoms with Crippen molar-refractivity contribution in [3.63, 3.8) is 0 Å². The summed E-state index contributed by atoms with van der Waals surface area (Å²) >= 11 is -1.07. The lowest BCUT2D eigenvalue weighted by molar-refractivity contribution is -0.0855. The van der Waals surface area contributed by atoms with Gasteiger partial charge in [0.15, 0.2) is 0 Å². The van der Waals surface area contributed by atoms with Gasteiger partial charge in [0.25, 0.3) is 0 Å². The molecule has 0 rings (SSSR count). The number of unbranched alkanes of at least 4 members (excludes halogenated alkanes) is 7. The summed E-state index contributed by atoms with van der Waals surface area (Å²) in [6.45, 7) is 9.83. The summed E-state index contributed by atoms with van der Waals surface area (Å²) in [7, 11) is 0. The average molecular weight is 329 g/mol. The van der Waals surface area contributed by atoms with Crippen LogP contribution in [0.4, 0.5) is 0 Å². The Labute approximate surface area is 145 Å². The molecule has 0 radical (unpaired) electrons. The molecule has 0 spiro atoms. The van der Waals surface area contributed by atoms with E-state index in [0.29, 0.717) is 0 Å². The van der Waals surface area contributed by atoms with Crippen molar-refractivity contribution in [1.82, 2.24) is 0 Å². The lowest BCUT2D eigenvalue weighted by atomic mass is 10.2. The van der Waals surface area contributed by atoms with Gasteiger partial charge in [-0.2, -0.15) is 0 Å². The number of hydrogen-bond acceptors (Lipinski definition) is 2. The van der Waals surface area contributed by atoms with E-state index in [1.807, 2.05) is 0 Å². The minimum Gasteiger partial charge on any atom is -0.478 e. The van der Waals surface area contributed by atoms with E-state index in [1.165, 1.54) is 68.4 Å². The molecule has 0 heterocycles. The molecular weight excluding hydrogens is 287 g/mol. The van der Waals surface area contributed by atoms with Crippen molar-refractivity contribution in [3.8, 4) is 0 Å². The van der Waals surface area contributed by atoms with Crippen LogP contribution >= 0.6 is 0 Å². The number of ether oxygens (including phenoxy) is 1. The standard InChI is InChI=1S/C7H15O2.2C6H13.Al/c1-3-5-6-9-7(8)4-2;2*1-3-5-6-4-2;/h7H,3-6H2,1-2H3;2*1,3-6H2,2H3;/q-1;;;+1. The van der Waals surface area contributed by atoms with Crippen LogP contribution in [0.5, 0.6) is 0 Å². The van der Waals surface area contributed by atoms with Crippen LogP contribution in [-0.4, -0.2) is 27.4 Å². The third kappa shape index (κ3) is 14.1. The molecule has 0 aromatic carbocycles. The topological polar surface area (TPSA) is 18.5 Å². The zero-order chi connectivity index (χ0) is 16.5. The summed E-state index contributed by atoms with van der Waals surface area (Å²) in [4.78, 5) is 0. The van der Waals surface area contributed by atoms with Gasteiger partial charge in [0.05, 0.1) is 0 Å². The molecule has 0 fully saturated rings. The van der Waals surface area contributed by atoms with Crippen molar-refractivity contribution in [1.29, 1.82) is 0 Å². The second-order valence-corrected chi connectivity index (χ2v) is 9.19. The van der Waals surface area contributed by atoms with Crippen molar-refractivity contribution in [3.05, 3.63) is 0 Å². The highest BCUT2D eigenvalue weighted by molar-refractivity contribution is 6.51. The molecule has 1 unspecified atom stereocenters. The highest BCUT2D eigenvalue weighted by atomic mass is 27.2. The Kier molecular flexibility index (Phi) is 18.2. The van der Waals surface area contributed by atoms with Crippen molar-refractivity contribution in [2.45, 2.75) is 115 Å². The Morgan fingerprint density at radius 2 is 1.23 bits per heavy atom. The third-order valence-corrected chi connectivity index (χ3v) is 7.03. The van der Waals surface area contributed by atoms with Crippen LogP contribution in [0.25, 0.3) is 0 Å². The van der Waals surface area contributed by atoms with Crippen molar-refractivity contribution >= 4 is 14.5 Å². The maximum Gasteiger partial charge on any atom is 0.462 e. The molecule has 0 aromatic rings. The summed E-state index contributed by atoms with van der Waals surface area (Å²) in [6.07, 6.45) is 14.3. The van der Waals surface area contributed by atoms with E-state index >= 15 is 0 Å². The first kappa shape index (κ1) is 22.5. The first-order valence-corrected chi connectivity index (χ1v) is 12.2. The van der Waals surface area contributed by atoms with Gasteiger partial charge < -0.3 is 8.53 Å².